The van der Waals surface area contributed by atoms with Gasteiger partial charge in [0, 0.05) is 36.8 Å². The number of thiocarbonyl (C=S) groups is 1. The predicted molar refractivity (Wildman–Crippen MR) is 81.5 cm³/mol. The lowest BCUT2D eigenvalue weighted by Gasteiger charge is -2.17. The SMILES string of the molecule is COC(=O)NC1CCN(Cc2cc(C(N)=S)ccc2F)C1. The van der Waals surface area contributed by atoms with Crippen LogP contribution in [0, 0.1) is 5.82 Å². The molecule has 1 unspecified atom stereocenters. The molecule has 0 aromatic heterocycles. The smallest absolute Gasteiger partial charge is 0.407 e. The molecule has 3 N–H and O–H groups in total. The van der Waals surface area contributed by atoms with Gasteiger partial charge in [0.25, 0.3) is 0 Å². The fraction of sp³-hybridized carbons (Fsp3) is 0.429. The van der Waals surface area contributed by atoms with Gasteiger partial charge in [0.05, 0.1) is 7.11 Å². The van der Waals surface area contributed by atoms with Crippen LogP contribution in [0.1, 0.15) is 17.5 Å². The lowest BCUT2D eigenvalue weighted by Crippen LogP contribution is -2.36. The van der Waals surface area contributed by atoms with Gasteiger partial charge in [-0.05, 0) is 24.6 Å². The molecule has 2 rings (SSSR count). The molecule has 1 atom stereocenters. The van der Waals surface area contributed by atoms with Gasteiger partial charge in [-0.25, -0.2) is 9.18 Å². The molecule has 1 saturated heterocycles. The zero-order valence-electron chi connectivity index (χ0n) is 11.8. The Morgan fingerprint density at radius 3 is 3.05 bits per heavy atom. The third-order valence-corrected chi connectivity index (χ3v) is 3.74. The first-order chi connectivity index (χ1) is 9.99. The van der Waals surface area contributed by atoms with Crippen molar-refractivity contribution in [2.75, 3.05) is 20.2 Å². The number of ether oxygens (including phenoxy) is 1. The molecule has 0 radical (unpaired) electrons. The van der Waals surface area contributed by atoms with Crippen molar-refractivity contribution in [1.29, 1.82) is 0 Å². The van der Waals surface area contributed by atoms with Crippen molar-refractivity contribution >= 4 is 23.3 Å². The quantitative estimate of drug-likeness (QED) is 0.823. The molecule has 7 heteroatoms. The van der Waals surface area contributed by atoms with Crippen LogP contribution >= 0.6 is 12.2 Å². The Kier molecular flexibility index (Phi) is 5.08. The molecule has 1 amide bonds. The number of methoxy groups -OCH3 is 1. The molecular formula is C14H18FN3O2S. The van der Waals surface area contributed by atoms with E-state index >= 15 is 0 Å². The van der Waals surface area contributed by atoms with Gasteiger partial charge in [-0.3, -0.25) is 4.90 Å². The van der Waals surface area contributed by atoms with Gasteiger partial charge in [0.2, 0.25) is 0 Å². The summed E-state index contributed by atoms with van der Waals surface area (Å²) in [5, 5.41) is 2.75. The van der Waals surface area contributed by atoms with Gasteiger partial charge in [-0.15, -0.1) is 0 Å². The number of benzene rings is 1. The van der Waals surface area contributed by atoms with Crippen LogP contribution in [0.2, 0.25) is 0 Å². The number of halogens is 1. The number of carbonyl (C=O) groups excluding carboxylic acids is 1. The number of hydrogen-bond acceptors (Lipinski definition) is 4. The average molecular weight is 311 g/mol. The second-order valence-electron chi connectivity index (χ2n) is 5.03. The summed E-state index contributed by atoms with van der Waals surface area (Å²) in [4.78, 5) is 13.5. The summed E-state index contributed by atoms with van der Waals surface area (Å²) >= 11 is 4.91. The van der Waals surface area contributed by atoms with Crippen molar-refractivity contribution in [3.63, 3.8) is 0 Å². The maximum absolute atomic E-state index is 13.8. The first-order valence-corrected chi connectivity index (χ1v) is 7.05. The van der Waals surface area contributed by atoms with Gasteiger partial charge in [-0.1, -0.05) is 12.2 Å². The molecule has 1 aliphatic rings. The molecule has 0 saturated carbocycles. The first kappa shape index (κ1) is 15.7. The number of carbonyl (C=O) groups is 1. The third kappa shape index (κ3) is 4.12. The standard InChI is InChI=1S/C14H18FN3O2S/c1-20-14(19)17-11-4-5-18(8-11)7-10-6-9(13(16)21)2-3-12(10)15/h2-3,6,11H,4-5,7-8H2,1H3,(H2,16,21)(H,17,19). The van der Waals surface area contributed by atoms with Crippen molar-refractivity contribution in [3.05, 3.63) is 35.1 Å². The Bertz CT molecular complexity index is 553. The molecule has 1 heterocycles. The van der Waals surface area contributed by atoms with Crippen molar-refractivity contribution in [1.82, 2.24) is 10.2 Å². The molecule has 5 nitrogen and oxygen atoms in total. The highest BCUT2D eigenvalue weighted by Crippen LogP contribution is 2.17. The fourth-order valence-electron chi connectivity index (χ4n) is 2.41. The summed E-state index contributed by atoms with van der Waals surface area (Å²) < 4.78 is 18.4. The lowest BCUT2D eigenvalue weighted by molar-refractivity contribution is 0.166. The third-order valence-electron chi connectivity index (χ3n) is 3.50. The van der Waals surface area contributed by atoms with E-state index < -0.39 is 6.09 Å². The highest BCUT2D eigenvalue weighted by atomic mass is 32.1. The Hall–Kier alpha value is -1.73. The van der Waals surface area contributed by atoms with Crippen LogP contribution in [0.15, 0.2) is 18.2 Å². The number of nitrogens with two attached hydrogens (primary N) is 1. The molecule has 114 valence electrons. The van der Waals surface area contributed by atoms with Crippen LogP contribution in [0.5, 0.6) is 0 Å². The molecule has 0 bridgehead atoms. The second kappa shape index (κ2) is 6.82. The van der Waals surface area contributed by atoms with Gasteiger partial charge in [-0.2, -0.15) is 0 Å². The van der Waals surface area contributed by atoms with Crippen LogP contribution < -0.4 is 11.1 Å². The van der Waals surface area contributed by atoms with Crippen molar-refractivity contribution in [2.24, 2.45) is 5.73 Å². The van der Waals surface area contributed by atoms with Crippen LogP contribution in [-0.2, 0) is 11.3 Å². The van der Waals surface area contributed by atoms with E-state index in [-0.39, 0.29) is 16.8 Å². The van der Waals surface area contributed by atoms with Crippen LogP contribution in [0.3, 0.4) is 0 Å². The van der Waals surface area contributed by atoms with Crippen molar-refractivity contribution < 1.29 is 13.9 Å². The van der Waals surface area contributed by atoms with Gasteiger partial charge in [0.1, 0.15) is 10.8 Å². The molecule has 21 heavy (non-hydrogen) atoms. The number of alkyl carbamates (subject to hydrolysis) is 1. The minimum Gasteiger partial charge on any atom is -0.453 e. The first-order valence-electron chi connectivity index (χ1n) is 6.64. The maximum Gasteiger partial charge on any atom is 0.407 e. The van der Waals surface area contributed by atoms with Crippen LogP contribution in [-0.4, -0.2) is 42.2 Å². The Labute approximate surface area is 128 Å². The van der Waals surface area contributed by atoms with Crippen molar-refractivity contribution in [2.45, 2.75) is 19.0 Å². The number of hydrogen-bond donors (Lipinski definition) is 2. The maximum atomic E-state index is 13.8. The summed E-state index contributed by atoms with van der Waals surface area (Å²) in [6.07, 6.45) is 0.370. The summed E-state index contributed by atoms with van der Waals surface area (Å²) in [5.74, 6) is -0.278. The van der Waals surface area contributed by atoms with E-state index in [9.17, 15) is 9.18 Å². The minimum atomic E-state index is -0.441. The number of nitrogens with zero attached hydrogens (tertiary/aromatic N) is 1. The number of rotatable bonds is 4. The van der Waals surface area contributed by atoms with Crippen LogP contribution in [0.4, 0.5) is 9.18 Å². The highest BCUT2D eigenvalue weighted by molar-refractivity contribution is 7.80. The summed E-state index contributed by atoms with van der Waals surface area (Å²) in [7, 11) is 1.33. The predicted octanol–water partition coefficient (Wildman–Crippen LogP) is 1.39. The summed E-state index contributed by atoms with van der Waals surface area (Å²) in [5.41, 5.74) is 6.78. The molecule has 0 spiro atoms. The molecular weight excluding hydrogens is 293 g/mol. The largest absolute Gasteiger partial charge is 0.453 e. The number of nitrogens with one attached hydrogen (secondary N) is 1. The summed E-state index contributed by atoms with van der Waals surface area (Å²) in [6.45, 7) is 1.90. The zero-order chi connectivity index (χ0) is 15.4. The monoisotopic (exact) mass is 311 g/mol. The number of likely N-dealkylation sites (tertiary alicyclic amines) is 1. The van der Waals surface area contributed by atoms with E-state index in [2.05, 4.69) is 15.0 Å². The lowest BCUT2D eigenvalue weighted by atomic mass is 10.1. The molecule has 0 aliphatic carbocycles. The van der Waals surface area contributed by atoms with Gasteiger partial charge >= 0.3 is 6.09 Å². The van der Waals surface area contributed by atoms with E-state index in [0.29, 0.717) is 24.2 Å². The van der Waals surface area contributed by atoms with Crippen LogP contribution in [0.25, 0.3) is 0 Å². The summed E-state index contributed by atoms with van der Waals surface area (Å²) in [6, 6.07) is 4.66. The Balaban J connectivity index is 1.98. The van der Waals surface area contributed by atoms with E-state index in [0.717, 1.165) is 13.0 Å². The van der Waals surface area contributed by atoms with Crippen molar-refractivity contribution in [3.8, 4) is 0 Å². The van der Waals surface area contributed by atoms with E-state index in [1.807, 2.05) is 0 Å². The van der Waals surface area contributed by atoms with E-state index in [1.54, 1.807) is 12.1 Å². The zero-order valence-corrected chi connectivity index (χ0v) is 12.6. The van der Waals surface area contributed by atoms with E-state index in [4.69, 9.17) is 18.0 Å². The normalized spacial score (nSPS) is 18.5. The van der Waals surface area contributed by atoms with E-state index in [1.165, 1.54) is 13.2 Å². The van der Waals surface area contributed by atoms with Gasteiger partial charge < -0.3 is 15.8 Å². The molecule has 1 aromatic rings. The Morgan fingerprint density at radius 2 is 2.38 bits per heavy atom. The van der Waals surface area contributed by atoms with Gasteiger partial charge in [0.15, 0.2) is 0 Å². The molecule has 1 fully saturated rings. The highest BCUT2D eigenvalue weighted by Gasteiger charge is 2.24. The second-order valence-corrected chi connectivity index (χ2v) is 5.47. The fourth-order valence-corrected chi connectivity index (χ4v) is 2.54. The topological polar surface area (TPSA) is 67.6 Å². The molecule has 1 aliphatic heterocycles. The molecule has 1 aromatic carbocycles. The number of amides is 1. The average Bonchev–Trinajstić information content (AvgIpc) is 2.88. The minimum absolute atomic E-state index is 0.0271. The Morgan fingerprint density at radius 1 is 1.62 bits per heavy atom.